The van der Waals surface area contributed by atoms with Gasteiger partial charge in [0.15, 0.2) is 0 Å². The van der Waals surface area contributed by atoms with Gasteiger partial charge in [-0.15, -0.1) is 0 Å². The van der Waals surface area contributed by atoms with E-state index in [-0.39, 0.29) is 5.60 Å². The molecule has 3 nitrogen and oxygen atoms in total. The zero-order chi connectivity index (χ0) is 9.05. The number of aromatic nitrogens is 2. The molecule has 0 bridgehead atoms. The number of hydrogen-bond acceptors (Lipinski definition) is 2. The summed E-state index contributed by atoms with van der Waals surface area (Å²) in [5, 5.41) is 4.22. The summed E-state index contributed by atoms with van der Waals surface area (Å²) in [6.07, 6.45) is 5.94. The second-order valence-corrected chi connectivity index (χ2v) is 4.71. The molecule has 2 atom stereocenters. The van der Waals surface area contributed by atoms with E-state index in [4.69, 9.17) is 4.74 Å². The minimum Gasteiger partial charge on any atom is -0.359 e. The van der Waals surface area contributed by atoms with Gasteiger partial charge in [0, 0.05) is 7.05 Å². The minimum atomic E-state index is 0.0179. The zero-order valence-electron chi connectivity index (χ0n) is 7.46. The van der Waals surface area contributed by atoms with Gasteiger partial charge < -0.3 is 4.74 Å². The van der Waals surface area contributed by atoms with Gasteiger partial charge in [-0.05, 0) is 35.2 Å². The Morgan fingerprint density at radius 2 is 2.62 bits per heavy atom. The van der Waals surface area contributed by atoms with Crippen LogP contribution in [0.15, 0.2) is 10.7 Å². The van der Waals surface area contributed by atoms with Crippen molar-refractivity contribution in [2.24, 2.45) is 7.05 Å². The Kier molecular flexibility index (Phi) is 1.45. The molecule has 3 rings (SSSR count). The lowest BCUT2D eigenvalue weighted by atomic mass is 10.0. The van der Waals surface area contributed by atoms with Crippen LogP contribution in [0.2, 0.25) is 0 Å². The molecule has 1 aromatic rings. The molecule has 0 radical (unpaired) electrons. The average molecular weight is 243 g/mol. The molecule has 2 fully saturated rings. The molecule has 1 saturated heterocycles. The highest BCUT2D eigenvalue weighted by molar-refractivity contribution is 9.10. The Labute approximate surface area is 85.2 Å². The molecule has 1 saturated carbocycles. The fourth-order valence-electron chi connectivity index (χ4n) is 2.50. The standard InChI is InChI=1S/C9H11BrN2O/c1-12-8(6(10)5-11-12)9-4-2-3-7(9)13-9/h5,7H,2-4H2,1H3/t7-,9-/m1/s1. The molecule has 1 aliphatic heterocycles. The maximum Gasteiger partial charge on any atom is 0.137 e. The zero-order valence-corrected chi connectivity index (χ0v) is 9.04. The molecule has 2 heterocycles. The first-order valence-corrected chi connectivity index (χ1v) is 5.39. The summed E-state index contributed by atoms with van der Waals surface area (Å²) in [5.41, 5.74) is 1.24. The van der Waals surface area contributed by atoms with E-state index in [0.717, 1.165) is 10.9 Å². The second-order valence-electron chi connectivity index (χ2n) is 3.85. The number of fused-ring (bicyclic) bond motifs is 1. The summed E-state index contributed by atoms with van der Waals surface area (Å²) in [7, 11) is 1.98. The highest BCUT2D eigenvalue weighted by atomic mass is 79.9. The number of ether oxygens (including phenoxy) is 1. The predicted octanol–water partition coefficient (Wildman–Crippen LogP) is 1.96. The Bertz CT molecular complexity index is 343. The highest BCUT2D eigenvalue weighted by Gasteiger charge is 2.62. The van der Waals surface area contributed by atoms with Crippen molar-refractivity contribution in [1.82, 2.24) is 9.78 Å². The van der Waals surface area contributed by atoms with E-state index < -0.39 is 0 Å². The van der Waals surface area contributed by atoms with Crippen LogP contribution in [-0.2, 0) is 17.4 Å². The maximum atomic E-state index is 5.76. The first-order chi connectivity index (χ1) is 6.24. The van der Waals surface area contributed by atoms with Gasteiger partial charge in [-0.2, -0.15) is 5.10 Å². The van der Waals surface area contributed by atoms with Crippen LogP contribution >= 0.6 is 15.9 Å². The Balaban J connectivity index is 2.09. The van der Waals surface area contributed by atoms with Gasteiger partial charge >= 0.3 is 0 Å². The summed E-state index contributed by atoms with van der Waals surface area (Å²) >= 11 is 3.53. The largest absolute Gasteiger partial charge is 0.359 e. The van der Waals surface area contributed by atoms with E-state index in [9.17, 15) is 0 Å². The SMILES string of the molecule is Cn1ncc(Br)c1[C@@]12CCC[C@H]1O2. The number of epoxide rings is 1. The molecule has 0 aromatic carbocycles. The van der Waals surface area contributed by atoms with Crippen LogP contribution in [0.3, 0.4) is 0 Å². The van der Waals surface area contributed by atoms with Gasteiger partial charge in [0.2, 0.25) is 0 Å². The lowest BCUT2D eigenvalue weighted by molar-refractivity contribution is 0.244. The Hall–Kier alpha value is -0.350. The van der Waals surface area contributed by atoms with E-state index in [1.165, 1.54) is 18.5 Å². The number of hydrogen-bond donors (Lipinski definition) is 0. The van der Waals surface area contributed by atoms with E-state index in [1.54, 1.807) is 0 Å². The normalized spacial score (nSPS) is 36.3. The second kappa shape index (κ2) is 2.36. The summed E-state index contributed by atoms with van der Waals surface area (Å²) in [4.78, 5) is 0. The van der Waals surface area contributed by atoms with Gasteiger partial charge in [-0.25, -0.2) is 0 Å². The van der Waals surface area contributed by atoms with Crippen LogP contribution in [0.25, 0.3) is 0 Å². The van der Waals surface area contributed by atoms with Crippen LogP contribution in [0.4, 0.5) is 0 Å². The number of halogens is 1. The highest BCUT2D eigenvalue weighted by Crippen LogP contribution is 2.58. The monoisotopic (exact) mass is 242 g/mol. The maximum absolute atomic E-state index is 5.76. The predicted molar refractivity (Wildman–Crippen MR) is 51.3 cm³/mol. The molecule has 13 heavy (non-hydrogen) atoms. The van der Waals surface area contributed by atoms with Crippen molar-refractivity contribution in [2.45, 2.75) is 31.0 Å². The van der Waals surface area contributed by atoms with E-state index in [0.29, 0.717) is 6.10 Å². The molecular weight excluding hydrogens is 232 g/mol. The molecule has 4 heteroatoms. The van der Waals surface area contributed by atoms with E-state index >= 15 is 0 Å². The van der Waals surface area contributed by atoms with Crippen LogP contribution in [-0.4, -0.2) is 15.9 Å². The van der Waals surface area contributed by atoms with Crippen molar-refractivity contribution in [3.63, 3.8) is 0 Å². The van der Waals surface area contributed by atoms with Crippen molar-refractivity contribution in [1.29, 1.82) is 0 Å². The number of nitrogens with zero attached hydrogens (tertiary/aromatic N) is 2. The molecule has 1 aliphatic carbocycles. The van der Waals surface area contributed by atoms with Crippen LogP contribution < -0.4 is 0 Å². The molecule has 0 unspecified atom stereocenters. The quantitative estimate of drug-likeness (QED) is 0.706. The average Bonchev–Trinajstić information content (AvgIpc) is 2.48. The van der Waals surface area contributed by atoms with Gasteiger partial charge in [-0.1, -0.05) is 0 Å². The Morgan fingerprint density at radius 3 is 3.08 bits per heavy atom. The van der Waals surface area contributed by atoms with Crippen molar-refractivity contribution >= 4 is 15.9 Å². The first kappa shape index (κ1) is 8.00. The van der Waals surface area contributed by atoms with Crippen molar-refractivity contribution < 1.29 is 4.74 Å². The third-order valence-corrected chi connectivity index (χ3v) is 3.71. The fourth-order valence-corrected chi connectivity index (χ4v) is 3.18. The Morgan fingerprint density at radius 1 is 1.77 bits per heavy atom. The molecule has 70 valence electrons. The van der Waals surface area contributed by atoms with Crippen LogP contribution in [0, 0.1) is 0 Å². The first-order valence-electron chi connectivity index (χ1n) is 4.60. The number of rotatable bonds is 1. The third kappa shape index (κ3) is 0.904. The number of aryl methyl sites for hydroxylation is 1. The summed E-state index contributed by atoms with van der Waals surface area (Å²) in [5.74, 6) is 0. The summed E-state index contributed by atoms with van der Waals surface area (Å²) < 4.78 is 8.76. The minimum absolute atomic E-state index is 0.0179. The fraction of sp³-hybridized carbons (Fsp3) is 0.667. The lowest BCUT2D eigenvalue weighted by Crippen LogP contribution is -2.13. The van der Waals surface area contributed by atoms with Crippen molar-refractivity contribution in [3.05, 3.63) is 16.4 Å². The topological polar surface area (TPSA) is 30.4 Å². The molecule has 0 spiro atoms. The van der Waals surface area contributed by atoms with E-state index in [1.807, 2.05) is 17.9 Å². The molecule has 1 aromatic heterocycles. The summed E-state index contributed by atoms with van der Waals surface area (Å²) in [6.45, 7) is 0. The van der Waals surface area contributed by atoms with Crippen molar-refractivity contribution in [3.8, 4) is 0 Å². The summed E-state index contributed by atoms with van der Waals surface area (Å²) in [6, 6.07) is 0. The smallest absolute Gasteiger partial charge is 0.137 e. The van der Waals surface area contributed by atoms with Crippen LogP contribution in [0.1, 0.15) is 25.0 Å². The molecule has 0 N–H and O–H groups in total. The van der Waals surface area contributed by atoms with E-state index in [2.05, 4.69) is 21.0 Å². The molecular formula is C9H11BrN2O. The molecule has 0 amide bonds. The lowest BCUT2D eigenvalue weighted by Gasteiger charge is -2.09. The molecule has 2 aliphatic rings. The third-order valence-electron chi connectivity index (χ3n) is 3.12. The van der Waals surface area contributed by atoms with Crippen molar-refractivity contribution in [2.75, 3.05) is 0 Å². The van der Waals surface area contributed by atoms with Gasteiger partial charge in [-0.3, -0.25) is 4.68 Å². The van der Waals surface area contributed by atoms with Gasteiger partial charge in [0.05, 0.1) is 22.5 Å². The van der Waals surface area contributed by atoms with Crippen LogP contribution in [0.5, 0.6) is 0 Å². The van der Waals surface area contributed by atoms with Gasteiger partial charge in [0.25, 0.3) is 0 Å². The van der Waals surface area contributed by atoms with Gasteiger partial charge in [0.1, 0.15) is 5.60 Å².